The molecule has 0 N–H and O–H groups in total. The fraction of sp³-hybridized carbons (Fsp3) is 0.759. The summed E-state index contributed by atoms with van der Waals surface area (Å²) in [7, 11) is 0. The molecule has 0 saturated carbocycles. The summed E-state index contributed by atoms with van der Waals surface area (Å²) >= 11 is 0.369. The zero-order valence-electron chi connectivity index (χ0n) is 22.9. The van der Waals surface area contributed by atoms with E-state index in [0.29, 0.717) is 56.4 Å². The Morgan fingerprint density at radius 3 is 1.23 bits per heavy atom. The maximum atomic E-state index is 5.68. The zero-order valence-corrected chi connectivity index (χ0v) is 24.6. The van der Waals surface area contributed by atoms with Gasteiger partial charge in [-0.2, -0.15) is 0 Å². The van der Waals surface area contributed by atoms with Crippen molar-refractivity contribution in [2.24, 2.45) is 22.7 Å². The van der Waals surface area contributed by atoms with E-state index in [1.807, 2.05) is 0 Å². The van der Waals surface area contributed by atoms with Crippen LogP contribution < -0.4 is 4.46 Å². The third-order valence-corrected chi connectivity index (χ3v) is 11.5. The van der Waals surface area contributed by atoms with E-state index in [0.717, 1.165) is 0 Å². The second kappa shape index (κ2) is 9.72. The van der Waals surface area contributed by atoms with Crippen LogP contribution in [0.25, 0.3) is 0 Å². The van der Waals surface area contributed by atoms with Gasteiger partial charge in [-0.1, -0.05) is 0 Å². The molecule has 176 valence electrons. The molecule has 0 saturated heterocycles. The van der Waals surface area contributed by atoms with Crippen molar-refractivity contribution >= 4 is 30.8 Å². The van der Waals surface area contributed by atoms with E-state index in [4.69, 9.17) is 4.99 Å². The summed E-state index contributed by atoms with van der Waals surface area (Å²) in [6.07, 6.45) is 0. The van der Waals surface area contributed by atoms with Gasteiger partial charge in [0.15, 0.2) is 0 Å². The van der Waals surface area contributed by atoms with Crippen molar-refractivity contribution < 1.29 is 0 Å². The van der Waals surface area contributed by atoms with Gasteiger partial charge in [0.2, 0.25) is 0 Å². The van der Waals surface area contributed by atoms with Gasteiger partial charge in [0.05, 0.1) is 0 Å². The summed E-state index contributed by atoms with van der Waals surface area (Å²) in [5.41, 5.74) is 9.24. The van der Waals surface area contributed by atoms with Crippen molar-refractivity contribution in [2.45, 2.75) is 125 Å². The van der Waals surface area contributed by atoms with Crippen LogP contribution in [0.5, 0.6) is 0 Å². The van der Waals surface area contributed by atoms with E-state index in [1.54, 1.807) is 26.7 Å². The quantitative estimate of drug-likeness (QED) is 0.339. The number of rotatable bonds is 7. The molecule has 31 heavy (non-hydrogen) atoms. The van der Waals surface area contributed by atoms with E-state index in [1.165, 1.54) is 11.4 Å². The van der Waals surface area contributed by atoms with Crippen LogP contribution in [-0.4, -0.2) is 20.7 Å². The van der Waals surface area contributed by atoms with Crippen LogP contribution in [0.3, 0.4) is 0 Å². The average molecular weight is 491 g/mol. The zero-order chi connectivity index (χ0) is 24.0. The first-order valence-corrected chi connectivity index (χ1v) is 14.4. The molecule has 1 heterocycles. The molecule has 0 radical (unpaired) electrons. The first-order chi connectivity index (χ1) is 14.2. The van der Waals surface area contributed by atoms with E-state index >= 15 is 0 Å². The molecule has 0 aliphatic carbocycles. The number of nitrogens with zero attached hydrogens (tertiary/aromatic N) is 1. The first kappa shape index (κ1) is 26.7. The van der Waals surface area contributed by atoms with Crippen LogP contribution in [0.2, 0.25) is 4.31 Å². The van der Waals surface area contributed by atoms with Gasteiger partial charge in [0.1, 0.15) is 0 Å². The predicted octanol–water partition coefficient (Wildman–Crippen LogP) is 8.72. The number of hydrogen-bond acceptors (Lipinski definition) is 1. The fourth-order valence-corrected chi connectivity index (χ4v) is 9.90. The number of aliphatic imine (C=N–C) groups is 1. The molecule has 0 unspecified atom stereocenters. The molecular weight excluding hydrogens is 441 g/mol. The molecule has 0 bridgehead atoms. The molecule has 1 nitrogen and oxygen atoms in total. The van der Waals surface area contributed by atoms with Gasteiger partial charge in [-0.05, 0) is 0 Å². The van der Waals surface area contributed by atoms with Crippen molar-refractivity contribution in [1.82, 2.24) is 0 Å². The van der Waals surface area contributed by atoms with Crippen LogP contribution in [0.1, 0.15) is 143 Å². The monoisotopic (exact) mass is 491 g/mol. The van der Waals surface area contributed by atoms with Gasteiger partial charge in [-0.3, -0.25) is 0 Å². The summed E-state index contributed by atoms with van der Waals surface area (Å²) in [5, 5.41) is 0. The number of hydrogen-bond donors (Lipinski definition) is 0. The van der Waals surface area contributed by atoms with Crippen LogP contribution in [0.4, 0.5) is 5.69 Å². The molecule has 2 rings (SSSR count). The predicted molar refractivity (Wildman–Crippen MR) is 142 cm³/mol. The minimum atomic E-state index is 0.194. The van der Waals surface area contributed by atoms with Crippen molar-refractivity contribution in [2.75, 3.05) is 0 Å². The third-order valence-electron chi connectivity index (χ3n) is 7.06. The molecule has 2 heteroatoms. The topological polar surface area (TPSA) is 12.4 Å². The molecule has 0 atom stereocenters. The van der Waals surface area contributed by atoms with E-state index in [9.17, 15) is 0 Å². The molecule has 0 spiro atoms. The van der Waals surface area contributed by atoms with Crippen LogP contribution in [-0.2, 0) is 0 Å². The van der Waals surface area contributed by atoms with Crippen LogP contribution in [0, 0.1) is 17.8 Å². The van der Waals surface area contributed by atoms with Gasteiger partial charge in [-0.25, -0.2) is 0 Å². The molecule has 0 aromatic heterocycles. The Kier molecular flexibility index (Phi) is 8.36. The second-order valence-corrected chi connectivity index (χ2v) is 14.5. The number of fused-ring (bicyclic) bond motifs is 1. The van der Waals surface area contributed by atoms with Gasteiger partial charge < -0.3 is 0 Å². The molecular formula is C29H49NSe. The third kappa shape index (κ3) is 4.46. The van der Waals surface area contributed by atoms with Crippen molar-refractivity contribution in [3.8, 4) is 0 Å². The Bertz CT molecular complexity index is 814. The Balaban J connectivity index is 3.17. The molecule has 0 amide bonds. The van der Waals surface area contributed by atoms with Gasteiger partial charge in [0.25, 0.3) is 0 Å². The molecule has 1 aromatic carbocycles. The van der Waals surface area contributed by atoms with Crippen LogP contribution in [0.15, 0.2) is 4.99 Å². The fourth-order valence-electron chi connectivity index (χ4n) is 5.91. The van der Waals surface area contributed by atoms with Crippen molar-refractivity contribution in [3.63, 3.8) is 0 Å². The standard InChI is InChI=1S/C29H49NSe/c1-15(2)22-23(16(3)4)25(18(7)8)27-26(24(22)17(5)6)30-28(19(9)10)29(31-27,20(11)12)21(13)14/h15-21H,1-14H3. The molecule has 1 aliphatic rings. The van der Waals surface area contributed by atoms with E-state index < -0.39 is 0 Å². The van der Waals surface area contributed by atoms with Crippen molar-refractivity contribution in [3.05, 3.63) is 22.3 Å². The molecule has 1 aromatic rings. The summed E-state index contributed by atoms with van der Waals surface area (Å²) in [6.45, 7) is 33.6. The Morgan fingerprint density at radius 2 is 0.903 bits per heavy atom. The van der Waals surface area contributed by atoms with E-state index in [-0.39, 0.29) is 4.31 Å². The first-order valence-electron chi connectivity index (χ1n) is 12.7. The summed E-state index contributed by atoms with van der Waals surface area (Å²) in [4.78, 5) is 5.68. The van der Waals surface area contributed by atoms with Gasteiger partial charge in [-0.15, -0.1) is 0 Å². The summed E-state index contributed by atoms with van der Waals surface area (Å²) < 4.78 is 1.82. The molecule has 1 aliphatic heterocycles. The average Bonchev–Trinajstić information content (AvgIpc) is 2.63. The number of benzene rings is 1. The van der Waals surface area contributed by atoms with Crippen molar-refractivity contribution in [1.29, 1.82) is 0 Å². The SMILES string of the molecule is CC(C)C1=Nc2c(c(C(C)C)c(C(C)C)c(C(C)C)c2C(C)C)[Se]C1(C(C)C)C(C)C. The van der Waals surface area contributed by atoms with E-state index in [2.05, 4.69) is 96.9 Å². The van der Waals surface area contributed by atoms with Gasteiger partial charge >= 0.3 is 201 Å². The maximum absolute atomic E-state index is 5.68. The Morgan fingerprint density at radius 1 is 0.516 bits per heavy atom. The summed E-state index contributed by atoms with van der Waals surface area (Å²) in [5.74, 6) is 3.74. The Hall–Kier alpha value is -0.591. The molecule has 0 fully saturated rings. The van der Waals surface area contributed by atoms with Crippen LogP contribution >= 0.6 is 0 Å². The summed E-state index contributed by atoms with van der Waals surface area (Å²) in [6, 6.07) is 0. The second-order valence-electron chi connectivity index (χ2n) is 11.8. The van der Waals surface area contributed by atoms with Gasteiger partial charge in [0, 0.05) is 0 Å². The normalized spacial score (nSPS) is 16.5. The minimum absolute atomic E-state index is 0.194. The Labute approximate surface area is 200 Å².